The van der Waals surface area contributed by atoms with Crippen LogP contribution in [-0.2, 0) is 19.4 Å². The molecule has 1 aliphatic carbocycles. The van der Waals surface area contributed by atoms with Crippen molar-refractivity contribution in [2.45, 2.75) is 46.6 Å². The molecule has 3 aromatic rings. The number of hydrogen-bond acceptors (Lipinski definition) is 6. The minimum absolute atomic E-state index is 0.0882. The summed E-state index contributed by atoms with van der Waals surface area (Å²) in [5.41, 5.74) is 1.96. The molecule has 160 valence electrons. The highest BCUT2D eigenvalue weighted by atomic mass is 32.1. The summed E-state index contributed by atoms with van der Waals surface area (Å²) in [6, 6.07) is 6.77. The Bertz CT molecular complexity index is 1250. The maximum atomic E-state index is 13.2. The van der Waals surface area contributed by atoms with Crippen LogP contribution in [0.1, 0.15) is 58.3 Å². The third kappa shape index (κ3) is 3.20. The average molecular weight is 437 g/mol. The number of thiophene rings is 1. The van der Waals surface area contributed by atoms with Crippen molar-refractivity contribution in [3.8, 4) is 0 Å². The number of hydrogen-bond donors (Lipinski definition) is 0. The number of imide groups is 1. The summed E-state index contributed by atoms with van der Waals surface area (Å²) in [6.45, 7) is 7.01. The summed E-state index contributed by atoms with van der Waals surface area (Å²) < 4.78 is 1.29. The van der Waals surface area contributed by atoms with E-state index in [-0.39, 0.29) is 35.9 Å². The first-order chi connectivity index (χ1) is 14.8. The number of fused-ring (bicyclic) bond motifs is 4. The standard InChI is InChI=1S/C23H24N4O3S/c1-23(2,3)13-8-9-16-17(12-13)31-19-18(16)22(30)27(25-24-19)11-10-26-20(28)14-6-4-5-7-15(14)21(26)29/h4-7,13H,8-12H2,1-3H3/t13-/m0/s1. The van der Waals surface area contributed by atoms with Gasteiger partial charge in [-0.2, -0.15) is 0 Å². The van der Waals surface area contributed by atoms with Crippen LogP contribution < -0.4 is 5.56 Å². The summed E-state index contributed by atoms with van der Waals surface area (Å²) in [6.07, 6.45) is 2.89. The van der Waals surface area contributed by atoms with E-state index < -0.39 is 0 Å². The number of carbonyl (C=O) groups is 2. The summed E-state index contributed by atoms with van der Waals surface area (Å²) >= 11 is 1.57. The van der Waals surface area contributed by atoms with Gasteiger partial charge in [0.1, 0.15) is 0 Å². The Hall–Kier alpha value is -2.87. The monoisotopic (exact) mass is 436 g/mol. The molecule has 0 N–H and O–H groups in total. The Morgan fingerprint density at radius 2 is 1.74 bits per heavy atom. The van der Waals surface area contributed by atoms with E-state index in [0.29, 0.717) is 27.3 Å². The zero-order valence-corrected chi connectivity index (χ0v) is 18.7. The lowest BCUT2D eigenvalue weighted by molar-refractivity contribution is 0.0646. The first-order valence-electron chi connectivity index (χ1n) is 10.6. The van der Waals surface area contributed by atoms with E-state index in [9.17, 15) is 14.4 Å². The minimum Gasteiger partial charge on any atom is -0.272 e. The van der Waals surface area contributed by atoms with Crippen LogP contribution in [0.5, 0.6) is 0 Å². The molecule has 0 fully saturated rings. The van der Waals surface area contributed by atoms with Crippen LogP contribution in [0, 0.1) is 11.3 Å². The third-order valence-corrected chi connectivity index (χ3v) is 7.72. The van der Waals surface area contributed by atoms with Crippen molar-refractivity contribution in [3.63, 3.8) is 0 Å². The summed E-state index contributed by atoms with van der Waals surface area (Å²) in [5.74, 6) is -0.0790. The van der Waals surface area contributed by atoms with Crippen LogP contribution in [0.15, 0.2) is 29.1 Å². The summed E-state index contributed by atoms with van der Waals surface area (Å²) in [4.78, 5) is 41.5. The van der Waals surface area contributed by atoms with Gasteiger partial charge in [0.05, 0.1) is 23.1 Å². The Morgan fingerprint density at radius 1 is 1.06 bits per heavy atom. The van der Waals surface area contributed by atoms with Gasteiger partial charge in [-0.25, -0.2) is 4.68 Å². The van der Waals surface area contributed by atoms with Crippen molar-refractivity contribution in [1.82, 2.24) is 19.9 Å². The number of nitrogens with zero attached hydrogens (tertiary/aromatic N) is 4. The largest absolute Gasteiger partial charge is 0.278 e. The molecule has 2 amide bonds. The molecule has 0 saturated heterocycles. The van der Waals surface area contributed by atoms with Gasteiger partial charge in [0.15, 0.2) is 4.83 Å². The van der Waals surface area contributed by atoms with Crippen molar-refractivity contribution in [2.75, 3.05) is 6.54 Å². The van der Waals surface area contributed by atoms with Crippen LogP contribution in [-0.4, -0.2) is 38.3 Å². The molecule has 31 heavy (non-hydrogen) atoms. The van der Waals surface area contributed by atoms with Gasteiger partial charge in [-0.05, 0) is 48.3 Å². The van der Waals surface area contributed by atoms with E-state index in [0.717, 1.165) is 24.8 Å². The Balaban J connectivity index is 1.41. The molecule has 2 aliphatic rings. The second kappa shape index (κ2) is 7.09. The van der Waals surface area contributed by atoms with Crippen molar-refractivity contribution in [2.24, 2.45) is 11.3 Å². The predicted octanol–water partition coefficient (Wildman–Crippen LogP) is 3.30. The molecule has 1 aromatic carbocycles. The molecule has 0 unspecified atom stereocenters. The SMILES string of the molecule is CC(C)(C)[C@H]1CCc2c(sc3nnn(CCN4C(=O)c5ccccc5C4=O)c(=O)c23)C1. The van der Waals surface area contributed by atoms with Crippen LogP contribution in [0.25, 0.3) is 10.2 Å². The Kier molecular flexibility index (Phi) is 4.58. The molecule has 1 atom stereocenters. The first kappa shape index (κ1) is 20.1. The van der Waals surface area contributed by atoms with E-state index in [1.807, 2.05) is 0 Å². The number of aromatic nitrogens is 3. The quantitative estimate of drug-likeness (QED) is 0.588. The van der Waals surface area contributed by atoms with Gasteiger partial charge in [0.25, 0.3) is 17.4 Å². The third-order valence-electron chi connectivity index (χ3n) is 6.58. The van der Waals surface area contributed by atoms with Gasteiger partial charge in [0.2, 0.25) is 0 Å². The van der Waals surface area contributed by atoms with Crippen molar-refractivity contribution < 1.29 is 9.59 Å². The second-order valence-corrected chi connectivity index (χ2v) is 10.5. The van der Waals surface area contributed by atoms with Gasteiger partial charge < -0.3 is 0 Å². The smallest absolute Gasteiger partial charge is 0.272 e. The Morgan fingerprint density at radius 3 is 2.39 bits per heavy atom. The van der Waals surface area contributed by atoms with Gasteiger partial charge in [0, 0.05) is 11.4 Å². The number of amides is 2. The highest BCUT2D eigenvalue weighted by molar-refractivity contribution is 7.18. The summed E-state index contributed by atoms with van der Waals surface area (Å²) in [7, 11) is 0. The van der Waals surface area contributed by atoms with E-state index in [2.05, 4.69) is 31.1 Å². The van der Waals surface area contributed by atoms with Crippen molar-refractivity contribution in [1.29, 1.82) is 0 Å². The number of carbonyl (C=O) groups excluding carboxylic acids is 2. The molecule has 3 heterocycles. The molecule has 0 spiro atoms. The fourth-order valence-electron chi connectivity index (χ4n) is 4.65. The predicted molar refractivity (Wildman–Crippen MR) is 118 cm³/mol. The summed E-state index contributed by atoms with van der Waals surface area (Å²) in [5, 5.41) is 9.05. The topological polar surface area (TPSA) is 85.2 Å². The highest BCUT2D eigenvalue weighted by Gasteiger charge is 2.35. The lowest BCUT2D eigenvalue weighted by atomic mass is 9.72. The number of benzene rings is 1. The lowest BCUT2D eigenvalue weighted by Gasteiger charge is -2.33. The minimum atomic E-state index is -0.330. The molecular formula is C23H24N4O3S. The van der Waals surface area contributed by atoms with Gasteiger partial charge >= 0.3 is 0 Å². The van der Waals surface area contributed by atoms with Crippen LogP contribution >= 0.6 is 11.3 Å². The number of rotatable bonds is 3. The Labute approximate surface area is 183 Å². The maximum absolute atomic E-state index is 13.2. The zero-order chi connectivity index (χ0) is 21.9. The van der Waals surface area contributed by atoms with Gasteiger partial charge in [-0.15, -0.1) is 16.4 Å². The molecule has 8 heteroatoms. The van der Waals surface area contributed by atoms with Crippen LogP contribution in [0.3, 0.4) is 0 Å². The molecule has 0 bridgehead atoms. The van der Waals surface area contributed by atoms with Gasteiger partial charge in [-0.3, -0.25) is 19.3 Å². The molecular weight excluding hydrogens is 412 g/mol. The van der Waals surface area contributed by atoms with Gasteiger partial charge in [-0.1, -0.05) is 38.1 Å². The second-order valence-electron chi connectivity index (χ2n) is 9.41. The molecule has 0 saturated carbocycles. The van der Waals surface area contributed by atoms with Crippen molar-refractivity contribution in [3.05, 3.63) is 56.2 Å². The average Bonchev–Trinajstić information content (AvgIpc) is 3.23. The molecule has 0 radical (unpaired) electrons. The molecule has 5 rings (SSSR count). The van der Waals surface area contributed by atoms with E-state index in [1.165, 1.54) is 14.5 Å². The van der Waals surface area contributed by atoms with Crippen LogP contribution in [0.4, 0.5) is 0 Å². The van der Waals surface area contributed by atoms with E-state index in [4.69, 9.17) is 0 Å². The van der Waals surface area contributed by atoms with E-state index >= 15 is 0 Å². The fraction of sp³-hybridized carbons (Fsp3) is 0.435. The maximum Gasteiger partial charge on any atom is 0.278 e. The normalized spacial score (nSPS) is 18.5. The molecule has 1 aliphatic heterocycles. The number of aryl methyl sites for hydroxylation is 1. The zero-order valence-electron chi connectivity index (χ0n) is 17.8. The molecule has 7 nitrogen and oxygen atoms in total. The molecule has 2 aromatic heterocycles. The van der Waals surface area contributed by atoms with Crippen molar-refractivity contribution >= 4 is 33.4 Å². The van der Waals surface area contributed by atoms with Crippen LogP contribution in [0.2, 0.25) is 0 Å². The van der Waals surface area contributed by atoms with E-state index in [1.54, 1.807) is 35.6 Å². The fourth-order valence-corrected chi connectivity index (χ4v) is 5.88. The lowest BCUT2D eigenvalue weighted by Crippen LogP contribution is -2.36. The first-order valence-corrected chi connectivity index (χ1v) is 11.4. The highest BCUT2D eigenvalue weighted by Crippen LogP contribution is 2.41.